The maximum atomic E-state index is 13.3. The zero-order chi connectivity index (χ0) is 22.0. The molecule has 0 unspecified atom stereocenters. The maximum Gasteiger partial charge on any atom is 0.269 e. The number of non-ortho nitro benzene ring substituents is 1. The van der Waals surface area contributed by atoms with Crippen LogP contribution in [0.2, 0.25) is 0 Å². The number of nitrogens with zero attached hydrogens (tertiary/aromatic N) is 2. The molecule has 2 amide bonds. The van der Waals surface area contributed by atoms with Crippen LogP contribution in [-0.4, -0.2) is 27.8 Å². The van der Waals surface area contributed by atoms with E-state index in [0.717, 1.165) is 0 Å². The average molecular weight is 414 g/mol. The highest BCUT2D eigenvalue weighted by atomic mass is 16.6. The summed E-state index contributed by atoms with van der Waals surface area (Å²) in [5, 5.41) is 14.9. The molecule has 0 saturated carbocycles. The Morgan fingerprint density at radius 2 is 1.48 bits per heavy atom. The Morgan fingerprint density at radius 3 is 2.00 bits per heavy atom. The van der Waals surface area contributed by atoms with Crippen LogP contribution in [0.25, 0.3) is 21.8 Å². The number of hydrogen-bond donors (Lipinski definition) is 2. The van der Waals surface area contributed by atoms with Crippen molar-refractivity contribution in [3.8, 4) is 0 Å². The number of benzene rings is 3. The van der Waals surface area contributed by atoms with Crippen LogP contribution in [-0.2, 0) is 11.2 Å². The van der Waals surface area contributed by atoms with Crippen molar-refractivity contribution in [3.05, 3.63) is 94.0 Å². The van der Waals surface area contributed by atoms with Crippen LogP contribution < -0.4 is 11.1 Å². The average Bonchev–Trinajstić information content (AvgIpc) is 2.77. The molecule has 0 aliphatic carbocycles. The second kappa shape index (κ2) is 8.19. The number of nitrogens with two attached hydrogens (primary N) is 1. The van der Waals surface area contributed by atoms with Gasteiger partial charge in [0.05, 0.1) is 21.5 Å². The van der Waals surface area contributed by atoms with Crippen molar-refractivity contribution in [2.75, 3.05) is 0 Å². The monoisotopic (exact) mass is 414 g/mol. The minimum Gasteiger partial charge on any atom is -0.368 e. The number of aromatic nitrogens is 1. The Bertz CT molecular complexity index is 1260. The molecular weight excluding hydrogens is 396 g/mol. The molecule has 0 aliphatic rings. The van der Waals surface area contributed by atoms with Crippen molar-refractivity contribution in [2.45, 2.75) is 12.5 Å². The third-order valence-corrected chi connectivity index (χ3v) is 5.05. The smallest absolute Gasteiger partial charge is 0.269 e. The van der Waals surface area contributed by atoms with Gasteiger partial charge in [0.25, 0.3) is 11.6 Å². The number of amides is 2. The Balaban J connectivity index is 1.68. The largest absolute Gasteiger partial charge is 0.368 e. The van der Waals surface area contributed by atoms with Gasteiger partial charge in [-0.05, 0) is 17.7 Å². The number of para-hydroxylation sites is 2. The first-order valence-electron chi connectivity index (χ1n) is 9.55. The highest BCUT2D eigenvalue weighted by Gasteiger charge is 2.23. The summed E-state index contributed by atoms with van der Waals surface area (Å²) in [6, 6.07) is 19.3. The van der Waals surface area contributed by atoms with Gasteiger partial charge in [0.1, 0.15) is 6.04 Å². The topological polar surface area (TPSA) is 128 Å². The van der Waals surface area contributed by atoms with Crippen LogP contribution in [0.5, 0.6) is 0 Å². The molecule has 1 aromatic heterocycles. The second-order valence-electron chi connectivity index (χ2n) is 7.08. The summed E-state index contributed by atoms with van der Waals surface area (Å²) in [7, 11) is 0. The van der Waals surface area contributed by atoms with Crippen molar-refractivity contribution >= 4 is 39.3 Å². The molecule has 0 bridgehead atoms. The highest BCUT2D eigenvalue weighted by Crippen LogP contribution is 2.26. The van der Waals surface area contributed by atoms with Crippen LogP contribution in [0.3, 0.4) is 0 Å². The number of nitrogens with one attached hydrogen (secondary N) is 1. The molecule has 3 aromatic carbocycles. The number of fused-ring (bicyclic) bond motifs is 2. The van der Waals surface area contributed by atoms with Gasteiger partial charge in [-0.1, -0.05) is 48.5 Å². The molecule has 154 valence electrons. The van der Waals surface area contributed by atoms with Gasteiger partial charge in [-0.3, -0.25) is 19.7 Å². The Labute approximate surface area is 176 Å². The molecule has 0 saturated heterocycles. The molecule has 8 nitrogen and oxygen atoms in total. The van der Waals surface area contributed by atoms with E-state index in [4.69, 9.17) is 5.73 Å². The summed E-state index contributed by atoms with van der Waals surface area (Å²) >= 11 is 0. The van der Waals surface area contributed by atoms with Crippen LogP contribution in [0.4, 0.5) is 5.69 Å². The molecule has 8 heteroatoms. The standard InChI is InChI=1S/C23H18N4O4/c24-22(28)20(13-14-9-11-15(12-10-14)27(30)31)26-23(29)21-16-5-1-3-7-18(16)25-19-8-4-2-6-17(19)21/h1-12,20H,13H2,(H2,24,28)(H,26,29)/t20-/m1/s1. The molecule has 3 N–H and O–H groups in total. The number of carbonyl (C=O) groups excluding carboxylic acids is 2. The zero-order valence-electron chi connectivity index (χ0n) is 16.3. The van der Waals surface area contributed by atoms with E-state index >= 15 is 0 Å². The molecular formula is C23H18N4O4. The van der Waals surface area contributed by atoms with Crippen molar-refractivity contribution in [3.63, 3.8) is 0 Å². The summed E-state index contributed by atoms with van der Waals surface area (Å²) in [6.07, 6.45) is 0.111. The molecule has 4 aromatic rings. The number of nitro benzene ring substituents is 1. The number of primary amides is 1. The molecule has 0 spiro atoms. The minimum atomic E-state index is -0.986. The van der Waals surface area contributed by atoms with Gasteiger partial charge in [-0.15, -0.1) is 0 Å². The van der Waals surface area contributed by atoms with Gasteiger partial charge in [0, 0.05) is 29.3 Å². The molecule has 0 aliphatic heterocycles. The predicted octanol–water partition coefficient (Wildman–Crippen LogP) is 3.12. The fraction of sp³-hybridized carbons (Fsp3) is 0.0870. The summed E-state index contributed by atoms with van der Waals surface area (Å²) in [5.74, 6) is -1.14. The van der Waals surface area contributed by atoms with Crippen molar-refractivity contribution in [2.24, 2.45) is 5.73 Å². The van der Waals surface area contributed by atoms with E-state index in [1.807, 2.05) is 36.4 Å². The summed E-state index contributed by atoms with van der Waals surface area (Å²) < 4.78 is 0. The van der Waals surface area contributed by atoms with Gasteiger partial charge in [-0.25, -0.2) is 4.98 Å². The number of pyridine rings is 1. The summed E-state index contributed by atoms with van der Waals surface area (Å²) in [5.41, 5.74) is 7.86. The summed E-state index contributed by atoms with van der Waals surface area (Å²) in [4.78, 5) is 40.3. The summed E-state index contributed by atoms with van der Waals surface area (Å²) in [6.45, 7) is 0. The number of carbonyl (C=O) groups is 2. The zero-order valence-corrected chi connectivity index (χ0v) is 16.3. The van der Waals surface area contributed by atoms with Crippen LogP contribution in [0.15, 0.2) is 72.8 Å². The SMILES string of the molecule is NC(=O)[C@@H](Cc1ccc([N+](=O)[O-])cc1)NC(=O)c1c2ccccc2nc2ccccc12. The van der Waals surface area contributed by atoms with Gasteiger partial charge < -0.3 is 11.1 Å². The molecule has 0 fully saturated rings. The lowest BCUT2D eigenvalue weighted by molar-refractivity contribution is -0.384. The van der Waals surface area contributed by atoms with Crippen LogP contribution >= 0.6 is 0 Å². The molecule has 31 heavy (non-hydrogen) atoms. The number of nitro groups is 1. The van der Waals surface area contributed by atoms with E-state index in [0.29, 0.717) is 32.9 Å². The molecule has 4 rings (SSSR count). The van der Waals surface area contributed by atoms with E-state index in [-0.39, 0.29) is 12.1 Å². The first-order valence-corrected chi connectivity index (χ1v) is 9.55. The third-order valence-electron chi connectivity index (χ3n) is 5.05. The Morgan fingerprint density at radius 1 is 0.935 bits per heavy atom. The number of rotatable bonds is 6. The molecule has 1 heterocycles. The van der Waals surface area contributed by atoms with E-state index in [1.54, 1.807) is 12.1 Å². The second-order valence-corrected chi connectivity index (χ2v) is 7.08. The van der Waals surface area contributed by atoms with E-state index in [1.165, 1.54) is 24.3 Å². The fourth-order valence-electron chi connectivity index (χ4n) is 3.53. The van der Waals surface area contributed by atoms with Crippen molar-refractivity contribution in [1.82, 2.24) is 10.3 Å². The lowest BCUT2D eigenvalue weighted by Gasteiger charge is -2.17. The van der Waals surface area contributed by atoms with E-state index < -0.39 is 22.8 Å². The van der Waals surface area contributed by atoms with Gasteiger partial charge in [-0.2, -0.15) is 0 Å². The predicted molar refractivity (Wildman–Crippen MR) is 116 cm³/mol. The minimum absolute atomic E-state index is 0.0573. The molecule has 0 radical (unpaired) electrons. The van der Waals surface area contributed by atoms with Gasteiger partial charge in [0.15, 0.2) is 0 Å². The quantitative estimate of drug-likeness (QED) is 0.285. The van der Waals surface area contributed by atoms with Crippen molar-refractivity contribution < 1.29 is 14.5 Å². The van der Waals surface area contributed by atoms with Gasteiger partial charge >= 0.3 is 0 Å². The lowest BCUT2D eigenvalue weighted by Crippen LogP contribution is -2.46. The third kappa shape index (κ3) is 4.04. The first-order chi connectivity index (χ1) is 14.9. The van der Waals surface area contributed by atoms with E-state index in [2.05, 4.69) is 10.3 Å². The Hall–Kier alpha value is -4.33. The van der Waals surface area contributed by atoms with E-state index in [9.17, 15) is 19.7 Å². The normalized spacial score (nSPS) is 11.9. The highest BCUT2D eigenvalue weighted by molar-refractivity contribution is 6.16. The van der Waals surface area contributed by atoms with Crippen molar-refractivity contribution in [1.29, 1.82) is 0 Å². The van der Waals surface area contributed by atoms with Crippen LogP contribution in [0, 0.1) is 10.1 Å². The number of hydrogen-bond acceptors (Lipinski definition) is 5. The Kier molecular flexibility index (Phi) is 5.28. The van der Waals surface area contributed by atoms with Crippen LogP contribution in [0.1, 0.15) is 15.9 Å². The lowest BCUT2D eigenvalue weighted by atomic mass is 10.0. The first kappa shape index (κ1) is 20.0. The molecule has 1 atom stereocenters. The maximum absolute atomic E-state index is 13.3. The fourth-order valence-corrected chi connectivity index (χ4v) is 3.53. The van der Waals surface area contributed by atoms with Gasteiger partial charge in [0.2, 0.25) is 5.91 Å².